The Kier molecular flexibility index (Phi) is 5.36. The Bertz CT molecular complexity index is 392. The van der Waals surface area contributed by atoms with Gasteiger partial charge in [-0.25, -0.2) is 0 Å². The number of hydrogen-bond acceptors (Lipinski definition) is 4. The van der Waals surface area contributed by atoms with E-state index in [0.717, 1.165) is 25.8 Å². The Morgan fingerprint density at radius 1 is 1.63 bits per heavy atom. The number of thiophene rings is 1. The lowest BCUT2D eigenvalue weighted by Crippen LogP contribution is -2.49. The third-order valence-electron chi connectivity index (χ3n) is 3.61. The van der Waals surface area contributed by atoms with Crippen molar-refractivity contribution >= 4 is 17.2 Å². The molecule has 2 N–H and O–H groups in total. The van der Waals surface area contributed by atoms with Crippen molar-refractivity contribution in [3.05, 3.63) is 22.4 Å². The summed E-state index contributed by atoms with van der Waals surface area (Å²) in [5, 5.41) is 14.7. The van der Waals surface area contributed by atoms with E-state index in [0.29, 0.717) is 13.1 Å². The number of rotatable bonds is 5. The van der Waals surface area contributed by atoms with Crippen LogP contribution in [0.4, 0.5) is 0 Å². The molecule has 0 spiro atoms. The van der Waals surface area contributed by atoms with Crippen molar-refractivity contribution in [2.24, 2.45) is 0 Å². The van der Waals surface area contributed by atoms with Crippen LogP contribution < -0.4 is 5.32 Å². The van der Waals surface area contributed by atoms with Crippen molar-refractivity contribution < 1.29 is 9.90 Å². The zero-order valence-electron chi connectivity index (χ0n) is 11.3. The van der Waals surface area contributed by atoms with E-state index in [-0.39, 0.29) is 18.1 Å². The number of hydrogen-bond donors (Lipinski definition) is 2. The quantitative estimate of drug-likeness (QED) is 0.862. The second-order valence-corrected chi connectivity index (χ2v) is 6.16. The fourth-order valence-electron chi connectivity index (χ4n) is 2.60. The summed E-state index contributed by atoms with van der Waals surface area (Å²) < 4.78 is 0. The molecule has 2 rings (SSSR count). The van der Waals surface area contributed by atoms with Crippen molar-refractivity contribution in [1.82, 2.24) is 10.2 Å². The largest absolute Gasteiger partial charge is 0.392 e. The van der Waals surface area contributed by atoms with Crippen molar-refractivity contribution in [1.29, 1.82) is 0 Å². The van der Waals surface area contributed by atoms with Gasteiger partial charge in [0.05, 0.1) is 19.2 Å². The van der Waals surface area contributed by atoms with Gasteiger partial charge in [-0.15, -0.1) is 11.3 Å². The summed E-state index contributed by atoms with van der Waals surface area (Å²) in [6.07, 6.45) is 2.87. The Labute approximate surface area is 118 Å². The molecule has 1 aliphatic heterocycles. The molecule has 4 nitrogen and oxygen atoms in total. The first-order valence-corrected chi connectivity index (χ1v) is 7.76. The summed E-state index contributed by atoms with van der Waals surface area (Å²) in [5.41, 5.74) is 0. The summed E-state index contributed by atoms with van der Waals surface area (Å²) in [7, 11) is 0. The fourth-order valence-corrected chi connectivity index (χ4v) is 3.24. The van der Waals surface area contributed by atoms with Gasteiger partial charge >= 0.3 is 0 Å². The predicted molar refractivity (Wildman–Crippen MR) is 77.1 cm³/mol. The summed E-state index contributed by atoms with van der Waals surface area (Å²) in [6.45, 7) is 3.71. The Hall–Kier alpha value is -0.910. The van der Waals surface area contributed by atoms with Crippen molar-refractivity contribution in [3.8, 4) is 0 Å². The van der Waals surface area contributed by atoms with E-state index in [2.05, 4.69) is 10.2 Å². The molecule has 1 saturated heterocycles. The Morgan fingerprint density at radius 2 is 2.47 bits per heavy atom. The van der Waals surface area contributed by atoms with Crippen LogP contribution in [0, 0.1) is 0 Å². The molecule has 19 heavy (non-hydrogen) atoms. The number of nitrogens with zero attached hydrogens (tertiary/aromatic N) is 1. The normalized spacial score (nSPS) is 22.1. The molecule has 1 aromatic heterocycles. The summed E-state index contributed by atoms with van der Waals surface area (Å²) in [4.78, 5) is 15.2. The Balaban J connectivity index is 1.79. The van der Waals surface area contributed by atoms with E-state index >= 15 is 0 Å². The van der Waals surface area contributed by atoms with E-state index < -0.39 is 0 Å². The van der Waals surface area contributed by atoms with Gasteiger partial charge in [-0.05, 0) is 37.8 Å². The highest BCUT2D eigenvalue weighted by atomic mass is 32.1. The van der Waals surface area contributed by atoms with E-state index in [1.165, 1.54) is 4.88 Å². The van der Waals surface area contributed by atoms with Crippen molar-refractivity contribution in [2.45, 2.75) is 44.9 Å². The number of aliphatic hydroxyl groups excluding tert-OH is 1. The van der Waals surface area contributed by atoms with Gasteiger partial charge in [-0.3, -0.25) is 9.69 Å². The molecule has 1 amide bonds. The molecule has 1 fully saturated rings. The maximum atomic E-state index is 11.9. The van der Waals surface area contributed by atoms with E-state index in [4.69, 9.17) is 0 Å². The molecule has 2 unspecified atom stereocenters. The molecule has 5 heteroatoms. The topological polar surface area (TPSA) is 52.6 Å². The van der Waals surface area contributed by atoms with E-state index in [1.807, 2.05) is 24.4 Å². The van der Waals surface area contributed by atoms with Gasteiger partial charge in [0.25, 0.3) is 0 Å². The molecule has 0 radical (unpaired) electrons. The second-order valence-electron chi connectivity index (χ2n) is 5.13. The van der Waals surface area contributed by atoms with Crippen LogP contribution in [-0.4, -0.2) is 41.1 Å². The number of piperidine rings is 1. The van der Waals surface area contributed by atoms with Gasteiger partial charge in [-0.1, -0.05) is 12.5 Å². The van der Waals surface area contributed by atoms with Crippen molar-refractivity contribution in [2.75, 3.05) is 13.1 Å². The first-order chi connectivity index (χ1) is 9.16. The number of likely N-dealkylation sites (tertiary alicyclic amines) is 1. The molecule has 1 aromatic rings. The molecular formula is C14H22N2O2S. The molecule has 2 atom stereocenters. The second kappa shape index (κ2) is 7.03. The molecule has 0 saturated carbocycles. The number of carbonyl (C=O) groups excluding carboxylic acids is 1. The minimum Gasteiger partial charge on any atom is -0.392 e. The molecule has 1 aliphatic rings. The van der Waals surface area contributed by atoms with E-state index in [1.54, 1.807) is 11.3 Å². The predicted octanol–water partition coefficient (Wildman–Crippen LogP) is 1.60. The molecule has 0 aromatic carbocycles. The average Bonchev–Trinajstić information content (AvgIpc) is 2.90. The average molecular weight is 282 g/mol. The smallest absolute Gasteiger partial charge is 0.234 e. The first-order valence-electron chi connectivity index (χ1n) is 6.88. The van der Waals surface area contributed by atoms with Gasteiger partial charge in [0, 0.05) is 10.9 Å². The molecule has 2 heterocycles. The standard InChI is InChI=1S/C14H22N2O2S/c1-11(17)13-6-2-3-7-16(13)10-14(18)15-9-12-5-4-8-19-12/h4-5,8,11,13,17H,2-3,6-7,9-10H2,1H3,(H,15,18). The van der Waals surface area contributed by atoms with Gasteiger partial charge in [0.15, 0.2) is 0 Å². The number of nitrogens with one attached hydrogen (secondary N) is 1. The summed E-state index contributed by atoms with van der Waals surface area (Å²) >= 11 is 1.65. The molecule has 0 aliphatic carbocycles. The van der Waals surface area contributed by atoms with Gasteiger partial charge < -0.3 is 10.4 Å². The summed E-state index contributed by atoms with van der Waals surface area (Å²) in [6, 6.07) is 4.13. The number of carbonyl (C=O) groups is 1. The number of amides is 1. The van der Waals surface area contributed by atoms with Crippen LogP contribution in [0.3, 0.4) is 0 Å². The van der Waals surface area contributed by atoms with Crippen LogP contribution in [0.5, 0.6) is 0 Å². The monoisotopic (exact) mass is 282 g/mol. The highest BCUT2D eigenvalue weighted by molar-refractivity contribution is 7.09. The van der Waals surface area contributed by atoms with Crippen LogP contribution in [-0.2, 0) is 11.3 Å². The lowest BCUT2D eigenvalue weighted by molar-refractivity contribution is -0.124. The third-order valence-corrected chi connectivity index (χ3v) is 4.48. The Morgan fingerprint density at radius 3 is 3.16 bits per heavy atom. The maximum absolute atomic E-state index is 11.9. The molecule has 0 bridgehead atoms. The zero-order valence-corrected chi connectivity index (χ0v) is 12.2. The highest BCUT2D eigenvalue weighted by Crippen LogP contribution is 2.19. The van der Waals surface area contributed by atoms with Crippen LogP contribution in [0.25, 0.3) is 0 Å². The SMILES string of the molecule is CC(O)C1CCCCN1CC(=O)NCc1cccs1. The molecule has 106 valence electrons. The summed E-state index contributed by atoms with van der Waals surface area (Å²) in [5.74, 6) is 0.0425. The lowest BCUT2D eigenvalue weighted by Gasteiger charge is -2.36. The molecular weight excluding hydrogens is 260 g/mol. The first kappa shape index (κ1) is 14.5. The van der Waals surface area contributed by atoms with Gasteiger partial charge in [0.1, 0.15) is 0 Å². The maximum Gasteiger partial charge on any atom is 0.234 e. The van der Waals surface area contributed by atoms with Crippen LogP contribution in [0.1, 0.15) is 31.1 Å². The van der Waals surface area contributed by atoms with Crippen LogP contribution in [0.2, 0.25) is 0 Å². The van der Waals surface area contributed by atoms with Crippen LogP contribution >= 0.6 is 11.3 Å². The lowest BCUT2D eigenvalue weighted by atomic mass is 9.98. The zero-order chi connectivity index (χ0) is 13.7. The van der Waals surface area contributed by atoms with Crippen molar-refractivity contribution in [3.63, 3.8) is 0 Å². The van der Waals surface area contributed by atoms with E-state index in [9.17, 15) is 9.90 Å². The minimum atomic E-state index is -0.370. The minimum absolute atomic E-state index is 0.0425. The third kappa shape index (κ3) is 4.30. The highest BCUT2D eigenvalue weighted by Gasteiger charge is 2.27. The van der Waals surface area contributed by atoms with Gasteiger partial charge in [0.2, 0.25) is 5.91 Å². The fraction of sp³-hybridized carbons (Fsp3) is 0.643. The van der Waals surface area contributed by atoms with Gasteiger partial charge in [-0.2, -0.15) is 0 Å². The van der Waals surface area contributed by atoms with Crippen LogP contribution in [0.15, 0.2) is 17.5 Å². The number of aliphatic hydroxyl groups is 1.